The van der Waals surface area contributed by atoms with Crippen molar-refractivity contribution in [1.82, 2.24) is 14.9 Å². The summed E-state index contributed by atoms with van der Waals surface area (Å²) in [5.41, 5.74) is 2.38. The largest absolute Gasteiger partial charge is 0.471 e. The van der Waals surface area contributed by atoms with Crippen molar-refractivity contribution < 1.29 is 14.3 Å². The molecule has 1 aromatic carbocycles. The maximum atomic E-state index is 12.9. The maximum absolute atomic E-state index is 12.9. The van der Waals surface area contributed by atoms with Crippen molar-refractivity contribution in [3.8, 4) is 5.88 Å². The van der Waals surface area contributed by atoms with E-state index in [1.165, 1.54) is 11.1 Å². The van der Waals surface area contributed by atoms with Crippen LogP contribution in [-0.4, -0.2) is 46.1 Å². The van der Waals surface area contributed by atoms with Gasteiger partial charge < -0.3 is 14.4 Å². The summed E-state index contributed by atoms with van der Waals surface area (Å²) >= 11 is 0. The lowest BCUT2D eigenvalue weighted by Gasteiger charge is -2.35. The lowest BCUT2D eigenvalue weighted by Crippen LogP contribution is -2.49. The van der Waals surface area contributed by atoms with E-state index in [1.54, 1.807) is 18.6 Å². The topological polar surface area (TPSA) is 64.5 Å². The lowest BCUT2D eigenvalue weighted by atomic mass is 9.98. The number of nitrogens with zero attached hydrogens (tertiary/aromatic N) is 3. The Bertz CT molecular complexity index is 738. The van der Waals surface area contributed by atoms with Gasteiger partial charge in [0.2, 0.25) is 5.88 Å². The van der Waals surface area contributed by atoms with Gasteiger partial charge in [-0.3, -0.25) is 9.78 Å². The minimum Gasteiger partial charge on any atom is -0.471 e. The van der Waals surface area contributed by atoms with Gasteiger partial charge in [-0.15, -0.1) is 0 Å². The van der Waals surface area contributed by atoms with E-state index < -0.39 is 6.10 Å². The molecule has 1 fully saturated rings. The van der Waals surface area contributed by atoms with Crippen molar-refractivity contribution in [2.45, 2.75) is 38.1 Å². The number of aromatic nitrogens is 2. The second kappa shape index (κ2) is 7.19. The molecule has 6 nitrogen and oxygen atoms in total. The zero-order chi connectivity index (χ0) is 17.1. The number of hydrogen-bond donors (Lipinski definition) is 0. The molecule has 0 saturated carbocycles. The molecule has 2 atom stereocenters. The van der Waals surface area contributed by atoms with Gasteiger partial charge >= 0.3 is 0 Å². The zero-order valence-corrected chi connectivity index (χ0v) is 14.0. The average molecular weight is 339 g/mol. The fourth-order valence-corrected chi connectivity index (χ4v) is 3.46. The van der Waals surface area contributed by atoms with E-state index in [9.17, 15) is 4.79 Å². The highest BCUT2D eigenvalue weighted by Crippen LogP contribution is 2.23. The van der Waals surface area contributed by atoms with Crippen molar-refractivity contribution >= 4 is 5.91 Å². The highest BCUT2D eigenvalue weighted by atomic mass is 16.5. The van der Waals surface area contributed by atoms with E-state index in [-0.39, 0.29) is 12.0 Å². The molecule has 4 rings (SSSR count). The predicted octanol–water partition coefficient (Wildman–Crippen LogP) is 1.99. The number of carbonyl (C=O) groups is 1. The molecule has 2 aliphatic rings. The van der Waals surface area contributed by atoms with Gasteiger partial charge in [0.25, 0.3) is 5.91 Å². The summed E-state index contributed by atoms with van der Waals surface area (Å²) in [4.78, 5) is 22.9. The van der Waals surface area contributed by atoms with E-state index in [0.717, 1.165) is 19.4 Å². The number of hydrogen-bond acceptors (Lipinski definition) is 5. The molecule has 25 heavy (non-hydrogen) atoms. The van der Waals surface area contributed by atoms with Crippen molar-refractivity contribution in [2.75, 3.05) is 13.1 Å². The molecule has 0 spiro atoms. The Balaban J connectivity index is 1.39. The first-order valence-corrected chi connectivity index (χ1v) is 8.69. The third-order valence-electron chi connectivity index (χ3n) is 4.76. The first-order chi connectivity index (χ1) is 12.3. The van der Waals surface area contributed by atoms with Gasteiger partial charge in [0.05, 0.1) is 19.3 Å². The molecule has 1 saturated heterocycles. The van der Waals surface area contributed by atoms with Crippen molar-refractivity contribution in [2.24, 2.45) is 0 Å². The maximum Gasteiger partial charge on any atom is 0.252 e. The minimum absolute atomic E-state index is 0.0507. The summed E-state index contributed by atoms with van der Waals surface area (Å²) in [6.45, 7) is 1.82. The molecular weight excluding hydrogens is 318 g/mol. The Labute approximate surface area is 146 Å². The van der Waals surface area contributed by atoms with Crippen LogP contribution in [-0.2, 0) is 22.6 Å². The van der Waals surface area contributed by atoms with Crippen molar-refractivity contribution in [1.29, 1.82) is 0 Å². The van der Waals surface area contributed by atoms with Gasteiger partial charge in [-0.05, 0) is 24.0 Å². The van der Waals surface area contributed by atoms with Crippen LogP contribution in [0.5, 0.6) is 5.88 Å². The average Bonchev–Trinajstić information content (AvgIpc) is 2.68. The summed E-state index contributed by atoms with van der Waals surface area (Å²) < 4.78 is 11.7. The Hall–Kier alpha value is -2.47. The Kier molecular flexibility index (Phi) is 4.61. The number of benzene rings is 1. The molecule has 6 heteroatoms. The predicted molar refractivity (Wildman–Crippen MR) is 91.0 cm³/mol. The van der Waals surface area contributed by atoms with E-state index >= 15 is 0 Å². The van der Waals surface area contributed by atoms with Crippen LogP contribution in [0.25, 0.3) is 0 Å². The highest BCUT2D eigenvalue weighted by molar-refractivity contribution is 5.81. The van der Waals surface area contributed by atoms with Crippen LogP contribution < -0.4 is 4.74 Å². The minimum atomic E-state index is -0.398. The van der Waals surface area contributed by atoms with E-state index in [2.05, 4.69) is 22.1 Å². The molecule has 2 aliphatic heterocycles. The van der Waals surface area contributed by atoms with Gasteiger partial charge in [-0.1, -0.05) is 24.3 Å². The fourth-order valence-electron chi connectivity index (χ4n) is 3.46. The van der Waals surface area contributed by atoms with E-state index in [1.807, 2.05) is 17.0 Å². The molecule has 0 radical (unpaired) electrons. The second-order valence-corrected chi connectivity index (χ2v) is 6.48. The molecule has 0 N–H and O–H groups in total. The Morgan fingerprint density at radius 3 is 2.96 bits per heavy atom. The quantitative estimate of drug-likeness (QED) is 0.856. The number of ether oxygens (including phenoxy) is 2. The van der Waals surface area contributed by atoms with Crippen LogP contribution >= 0.6 is 0 Å². The number of amides is 1. The molecule has 1 amide bonds. The standard InChI is InChI=1S/C19H21N3O3/c23-19(17-10-14-4-1-2-5-15(14)13-24-17)22-9-3-6-16(12-22)25-18-11-20-7-8-21-18/h1-2,4-5,7-8,11,16-17H,3,6,9-10,12-13H2/t16-,17+/m0/s1. The summed E-state index contributed by atoms with van der Waals surface area (Å²) in [5.74, 6) is 0.562. The summed E-state index contributed by atoms with van der Waals surface area (Å²) in [7, 11) is 0. The summed E-state index contributed by atoms with van der Waals surface area (Å²) in [5, 5.41) is 0. The molecule has 0 bridgehead atoms. The van der Waals surface area contributed by atoms with E-state index in [0.29, 0.717) is 25.5 Å². The first kappa shape index (κ1) is 16.0. The molecule has 1 aromatic heterocycles. The van der Waals surface area contributed by atoms with Crippen LogP contribution in [0, 0.1) is 0 Å². The zero-order valence-electron chi connectivity index (χ0n) is 14.0. The normalized spacial score (nSPS) is 23.0. The molecule has 2 aromatic rings. The van der Waals surface area contributed by atoms with Crippen LogP contribution in [0.2, 0.25) is 0 Å². The Morgan fingerprint density at radius 1 is 1.24 bits per heavy atom. The fraction of sp³-hybridized carbons (Fsp3) is 0.421. The molecule has 130 valence electrons. The SMILES string of the molecule is O=C([C@H]1Cc2ccccc2CO1)N1CCC[C@H](Oc2cnccn2)C1. The van der Waals surface area contributed by atoms with Crippen LogP contribution in [0.15, 0.2) is 42.9 Å². The Morgan fingerprint density at radius 2 is 2.12 bits per heavy atom. The van der Waals surface area contributed by atoms with Gasteiger partial charge in [0.1, 0.15) is 12.2 Å². The van der Waals surface area contributed by atoms with Crippen LogP contribution in [0.4, 0.5) is 0 Å². The van der Waals surface area contributed by atoms with Crippen molar-refractivity contribution in [3.63, 3.8) is 0 Å². The third-order valence-corrected chi connectivity index (χ3v) is 4.76. The highest BCUT2D eigenvalue weighted by Gasteiger charge is 2.32. The monoisotopic (exact) mass is 339 g/mol. The lowest BCUT2D eigenvalue weighted by molar-refractivity contribution is -0.148. The van der Waals surface area contributed by atoms with Crippen LogP contribution in [0.1, 0.15) is 24.0 Å². The second-order valence-electron chi connectivity index (χ2n) is 6.48. The summed E-state index contributed by atoms with van der Waals surface area (Å²) in [6, 6.07) is 8.15. The van der Waals surface area contributed by atoms with Crippen molar-refractivity contribution in [3.05, 3.63) is 54.0 Å². The number of likely N-dealkylation sites (tertiary alicyclic amines) is 1. The smallest absolute Gasteiger partial charge is 0.252 e. The number of carbonyl (C=O) groups excluding carboxylic acids is 1. The molecule has 0 aliphatic carbocycles. The van der Waals surface area contributed by atoms with Crippen LogP contribution in [0.3, 0.4) is 0 Å². The van der Waals surface area contributed by atoms with Gasteiger partial charge in [0, 0.05) is 25.4 Å². The van der Waals surface area contributed by atoms with E-state index in [4.69, 9.17) is 9.47 Å². The van der Waals surface area contributed by atoms with Gasteiger partial charge in [0.15, 0.2) is 0 Å². The van der Waals surface area contributed by atoms with Gasteiger partial charge in [-0.2, -0.15) is 0 Å². The molecular formula is C19H21N3O3. The number of piperidine rings is 1. The van der Waals surface area contributed by atoms with Gasteiger partial charge in [-0.25, -0.2) is 4.98 Å². The number of rotatable bonds is 3. The molecule has 0 unspecified atom stereocenters. The first-order valence-electron chi connectivity index (χ1n) is 8.69. The third kappa shape index (κ3) is 3.64. The summed E-state index contributed by atoms with van der Waals surface area (Å²) in [6.07, 6.45) is 6.84. The molecule has 3 heterocycles. The number of fused-ring (bicyclic) bond motifs is 1.